The molecule has 7 heteroatoms. The van der Waals surface area contributed by atoms with Crippen molar-refractivity contribution < 1.29 is 32.2 Å². The number of carbonyl (C=O) groups is 1. The van der Waals surface area contributed by atoms with E-state index in [1.807, 2.05) is 6.92 Å². The molecule has 0 atom stereocenters. The van der Waals surface area contributed by atoms with Gasteiger partial charge in [-0.25, -0.2) is 0 Å². The molecule has 0 aliphatic carbocycles. The first-order valence-electron chi connectivity index (χ1n) is 10.2. The summed E-state index contributed by atoms with van der Waals surface area (Å²) in [5, 5.41) is 0. The highest BCUT2D eigenvalue weighted by atomic mass is 19.4. The number of methoxy groups -OCH3 is 1. The lowest BCUT2D eigenvalue weighted by molar-refractivity contribution is -0.137. The molecule has 0 saturated carbocycles. The second-order valence-corrected chi connectivity index (χ2v) is 7.05. The van der Waals surface area contributed by atoms with E-state index in [1.165, 1.54) is 19.3 Å². The van der Waals surface area contributed by atoms with Crippen molar-refractivity contribution >= 4 is 11.9 Å². The van der Waals surface area contributed by atoms with Gasteiger partial charge >= 0.3 is 6.18 Å². The summed E-state index contributed by atoms with van der Waals surface area (Å²) in [5.41, 5.74) is 0.894. The summed E-state index contributed by atoms with van der Waals surface area (Å²) in [5.74, 6) is 1.31. The van der Waals surface area contributed by atoms with Crippen molar-refractivity contribution in [2.45, 2.75) is 19.7 Å². The monoisotopic (exact) mass is 456 g/mol. The average Bonchev–Trinajstić information content (AvgIpc) is 2.81. The molecule has 0 saturated heterocycles. The molecule has 4 nitrogen and oxygen atoms in total. The van der Waals surface area contributed by atoms with Crippen molar-refractivity contribution in [2.24, 2.45) is 0 Å². The second-order valence-electron chi connectivity index (χ2n) is 7.05. The molecule has 0 fully saturated rings. The summed E-state index contributed by atoms with van der Waals surface area (Å²) in [6.45, 7) is 2.39. The Kier molecular flexibility index (Phi) is 7.77. The lowest BCUT2D eigenvalue weighted by Gasteiger charge is -2.13. The van der Waals surface area contributed by atoms with E-state index in [1.54, 1.807) is 54.6 Å². The van der Waals surface area contributed by atoms with Gasteiger partial charge in [-0.2, -0.15) is 13.2 Å². The van der Waals surface area contributed by atoms with E-state index in [2.05, 4.69) is 0 Å². The summed E-state index contributed by atoms with van der Waals surface area (Å²) >= 11 is 0. The molecule has 0 unspecified atom stereocenters. The van der Waals surface area contributed by atoms with Crippen LogP contribution in [0, 0.1) is 0 Å². The van der Waals surface area contributed by atoms with Crippen molar-refractivity contribution in [3.63, 3.8) is 0 Å². The predicted octanol–water partition coefficient (Wildman–Crippen LogP) is 6.59. The van der Waals surface area contributed by atoms with E-state index in [0.717, 1.165) is 12.1 Å². The van der Waals surface area contributed by atoms with Crippen molar-refractivity contribution in [1.29, 1.82) is 0 Å². The van der Waals surface area contributed by atoms with Gasteiger partial charge in [0, 0.05) is 5.56 Å². The largest absolute Gasteiger partial charge is 0.494 e. The van der Waals surface area contributed by atoms with Crippen LogP contribution in [0.2, 0.25) is 0 Å². The fourth-order valence-corrected chi connectivity index (χ4v) is 3.06. The maximum absolute atomic E-state index is 12.9. The Hall–Kier alpha value is -3.74. The minimum absolute atomic E-state index is 0.0499. The Labute approximate surface area is 190 Å². The number of carbonyl (C=O) groups excluding carboxylic acids is 1. The quantitative estimate of drug-likeness (QED) is 0.269. The molecule has 0 spiro atoms. The predicted molar refractivity (Wildman–Crippen MR) is 120 cm³/mol. The number of rotatable bonds is 9. The van der Waals surface area contributed by atoms with Crippen LogP contribution in [-0.4, -0.2) is 19.5 Å². The van der Waals surface area contributed by atoms with Gasteiger partial charge < -0.3 is 14.2 Å². The Morgan fingerprint density at radius 2 is 1.70 bits per heavy atom. The SMILES string of the molecule is CCOc1ccc(C(=O)/C=C/c2ccc(OCc3cccc(C(F)(F)F)c3)c(OC)c2)cc1. The standard InChI is InChI=1S/C26H23F3O4/c1-3-32-22-11-9-20(10-12-22)23(30)13-7-18-8-14-24(25(16-18)31-2)33-17-19-5-4-6-21(15-19)26(27,28)29/h4-16H,3,17H2,1-2H3/b13-7+. The van der Waals surface area contributed by atoms with Crippen LogP contribution in [0.3, 0.4) is 0 Å². The summed E-state index contributed by atoms with van der Waals surface area (Å²) < 4.78 is 55.0. The molecule has 0 aromatic heterocycles. The van der Waals surface area contributed by atoms with E-state index in [-0.39, 0.29) is 12.4 Å². The van der Waals surface area contributed by atoms with E-state index in [9.17, 15) is 18.0 Å². The lowest BCUT2D eigenvalue weighted by atomic mass is 10.1. The molecule has 0 aliphatic rings. The smallest absolute Gasteiger partial charge is 0.416 e. The zero-order chi connectivity index (χ0) is 23.8. The minimum atomic E-state index is -4.41. The van der Waals surface area contributed by atoms with Crippen molar-refractivity contribution in [1.82, 2.24) is 0 Å². The molecule has 33 heavy (non-hydrogen) atoms. The van der Waals surface area contributed by atoms with Crippen molar-refractivity contribution in [3.8, 4) is 17.2 Å². The number of ether oxygens (including phenoxy) is 3. The number of hydrogen-bond acceptors (Lipinski definition) is 4. The number of hydrogen-bond donors (Lipinski definition) is 0. The summed E-state index contributed by atoms with van der Waals surface area (Å²) in [7, 11) is 1.46. The number of alkyl halides is 3. The number of halogens is 3. The molecule has 0 amide bonds. The number of benzene rings is 3. The fraction of sp³-hybridized carbons (Fsp3) is 0.192. The van der Waals surface area contributed by atoms with Gasteiger partial charge in [0.2, 0.25) is 0 Å². The van der Waals surface area contributed by atoms with Gasteiger partial charge in [0.25, 0.3) is 0 Å². The topological polar surface area (TPSA) is 44.8 Å². The van der Waals surface area contributed by atoms with Crippen molar-refractivity contribution in [2.75, 3.05) is 13.7 Å². The molecular weight excluding hydrogens is 433 g/mol. The van der Waals surface area contributed by atoms with Crippen LogP contribution in [0.4, 0.5) is 13.2 Å². The molecule has 0 N–H and O–H groups in total. The van der Waals surface area contributed by atoms with Crippen LogP contribution < -0.4 is 14.2 Å². The van der Waals surface area contributed by atoms with Gasteiger partial charge in [-0.1, -0.05) is 24.3 Å². The highest BCUT2D eigenvalue weighted by Gasteiger charge is 2.30. The Bertz CT molecular complexity index is 1120. The van der Waals surface area contributed by atoms with E-state index in [0.29, 0.717) is 40.5 Å². The van der Waals surface area contributed by atoms with Crippen molar-refractivity contribution in [3.05, 3.63) is 95.1 Å². The molecule has 0 bridgehead atoms. The Morgan fingerprint density at radius 1 is 0.939 bits per heavy atom. The Balaban J connectivity index is 1.67. The van der Waals surface area contributed by atoms with Gasteiger partial charge in [-0.15, -0.1) is 0 Å². The van der Waals surface area contributed by atoms with Gasteiger partial charge in [-0.3, -0.25) is 4.79 Å². The highest BCUT2D eigenvalue weighted by Crippen LogP contribution is 2.31. The van der Waals surface area contributed by atoms with Gasteiger partial charge in [-0.05, 0) is 72.7 Å². The molecule has 172 valence electrons. The molecule has 0 radical (unpaired) electrons. The zero-order valence-electron chi connectivity index (χ0n) is 18.2. The second kappa shape index (κ2) is 10.7. The third-order valence-corrected chi connectivity index (χ3v) is 4.71. The summed E-state index contributed by atoms with van der Waals surface area (Å²) in [6, 6.07) is 16.9. The summed E-state index contributed by atoms with van der Waals surface area (Å²) in [6.07, 6.45) is -1.31. The van der Waals surface area contributed by atoms with Crippen LogP contribution in [0.1, 0.15) is 34.0 Å². The minimum Gasteiger partial charge on any atom is -0.494 e. The maximum atomic E-state index is 12.9. The summed E-state index contributed by atoms with van der Waals surface area (Å²) in [4.78, 5) is 12.4. The van der Waals surface area contributed by atoms with Gasteiger partial charge in [0.05, 0.1) is 19.3 Å². The van der Waals surface area contributed by atoms with Crippen LogP contribution in [-0.2, 0) is 12.8 Å². The average molecular weight is 456 g/mol. The van der Waals surface area contributed by atoms with Gasteiger partial charge in [0.1, 0.15) is 12.4 Å². The lowest BCUT2D eigenvalue weighted by Crippen LogP contribution is -2.06. The zero-order valence-corrected chi connectivity index (χ0v) is 18.2. The van der Waals surface area contributed by atoms with Gasteiger partial charge in [0.15, 0.2) is 17.3 Å². The first kappa shape index (κ1) is 23.9. The highest BCUT2D eigenvalue weighted by molar-refractivity contribution is 6.06. The van der Waals surface area contributed by atoms with E-state index in [4.69, 9.17) is 14.2 Å². The first-order chi connectivity index (χ1) is 15.8. The van der Waals surface area contributed by atoms with Crippen LogP contribution in [0.5, 0.6) is 17.2 Å². The third-order valence-electron chi connectivity index (χ3n) is 4.71. The number of ketones is 1. The maximum Gasteiger partial charge on any atom is 0.416 e. The molecule has 0 aliphatic heterocycles. The molecule has 3 aromatic rings. The van der Waals surface area contributed by atoms with Crippen LogP contribution in [0.25, 0.3) is 6.08 Å². The van der Waals surface area contributed by atoms with E-state index < -0.39 is 11.7 Å². The van der Waals surface area contributed by atoms with Crippen LogP contribution in [0.15, 0.2) is 72.8 Å². The normalized spacial score (nSPS) is 11.4. The first-order valence-corrected chi connectivity index (χ1v) is 10.2. The molecule has 3 aromatic carbocycles. The third kappa shape index (κ3) is 6.62. The van der Waals surface area contributed by atoms with Crippen LogP contribution >= 0.6 is 0 Å². The fourth-order valence-electron chi connectivity index (χ4n) is 3.06. The molecule has 0 heterocycles. The Morgan fingerprint density at radius 3 is 2.36 bits per heavy atom. The molecule has 3 rings (SSSR count). The number of allylic oxidation sites excluding steroid dienone is 1. The molecular formula is C26H23F3O4. The van der Waals surface area contributed by atoms with E-state index >= 15 is 0 Å².